The maximum Gasteiger partial charge on any atom is 0.255 e. The van der Waals surface area contributed by atoms with E-state index in [-0.39, 0.29) is 11.8 Å². The molecule has 114 valence electrons. The van der Waals surface area contributed by atoms with Crippen LogP contribution < -0.4 is 5.32 Å². The normalized spacial score (nSPS) is 12.3. The Bertz CT molecular complexity index is 760. The second-order valence-corrected chi connectivity index (χ2v) is 6.78. The summed E-state index contributed by atoms with van der Waals surface area (Å²) in [5.41, 5.74) is 3.33. The molecule has 0 aromatic carbocycles. The number of amides is 1. The highest BCUT2D eigenvalue weighted by molar-refractivity contribution is 7.09. The van der Waals surface area contributed by atoms with E-state index in [2.05, 4.69) is 27.4 Å². The molecule has 0 aliphatic carbocycles. The average Bonchev–Trinajstić information content (AvgIpc) is 3.23. The van der Waals surface area contributed by atoms with Crippen molar-refractivity contribution in [2.75, 3.05) is 6.54 Å². The molecule has 1 amide bonds. The zero-order valence-electron chi connectivity index (χ0n) is 12.3. The number of H-pyrrole nitrogens is 1. The van der Waals surface area contributed by atoms with Gasteiger partial charge in [-0.2, -0.15) is 16.4 Å². The molecule has 0 radical (unpaired) electrons. The molecule has 5 nitrogen and oxygen atoms in total. The number of carbonyl (C=O) groups is 1. The Morgan fingerprint density at radius 2 is 2.32 bits per heavy atom. The first kappa shape index (κ1) is 14.9. The van der Waals surface area contributed by atoms with Crippen molar-refractivity contribution in [3.05, 3.63) is 44.7 Å². The van der Waals surface area contributed by atoms with Crippen molar-refractivity contribution >= 4 is 28.6 Å². The fraction of sp³-hybridized carbons (Fsp3) is 0.267. The van der Waals surface area contributed by atoms with Gasteiger partial charge in [0.05, 0.1) is 22.5 Å². The smallest absolute Gasteiger partial charge is 0.255 e. The van der Waals surface area contributed by atoms with Gasteiger partial charge in [0.2, 0.25) is 0 Å². The van der Waals surface area contributed by atoms with Crippen molar-refractivity contribution in [1.29, 1.82) is 0 Å². The fourth-order valence-corrected chi connectivity index (χ4v) is 3.62. The molecule has 0 saturated heterocycles. The molecule has 3 rings (SSSR count). The molecular formula is C15H16N4OS2. The van der Waals surface area contributed by atoms with Gasteiger partial charge in [-0.3, -0.25) is 9.89 Å². The highest BCUT2D eigenvalue weighted by Crippen LogP contribution is 2.24. The van der Waals surface area contributed by atoms with Crippen LogP contribution in [0, 0.1) is 6.92 Å². The minimum Gasteiger partial charge on any atom is -0.351 e. The quantitative estimate of drug-likeness (QED) is 0.752. The lowest BCUT2D eigenvalue weighted by Gasteiger charge is -2.10. The van der Waals surface area contributed by atoms with Crippen LogP contribution in [0.2, 0.25) is 0 Å². The SMILES string of the molecule is Cc1csc(C(C)CNC(=O)c2cn[nH]c2-c2ccsc2)n1. The van der Waals surface area contributed by atoms with Crippen molar-refractivity contribution in [2.45, 2.75) is 19.8 Å². The van der Waals surface area contributed by atoms with Crippen LogP contribution in [0.5, 0.6) is 0 Å². The molecule has 3 aromatic heterocycles. The second-order valence-electron chi connectivity index (χ2n) is 5.11. The summed E-state index contributed by atoms with van der Waals surface area (Å²) in [4.78, 5) is 16.8. The number of nitrogens with one attached hydrogen (secondary N) is 2. The zero-order valence-corrected chi connectivity index (χ0v) is 13.9. The molecule has 0 aliphatic rings. The van der Waals surface area contributed by atoms with Crippen LogP contribution in [0.15, 0.2) is 28.4 Å². The minimum atomic E-state index is -0.116. The number of thiazole rings is 1. The molecule has 0 saturated carbocycles. The van der Waals surface area contributed by atoms with Crippen molar-refractivity contribution in [1.82, 2.24) is 20.5 Å². The van der Waals surface area contributed by atoms with Gasteiger partial charge in [0.1, 0.15) is 0 Å². The van der Waals surface area contributed by atoms with E-state index in [0.717, 1.165) is 22.0 Å². The first-order valence-electron chi connectivity index (χ1n) is 6.91. The molecule has 7 heteroatoms. The van der Waals surface area contributed by atoms with Gasteiger partial charge in [0.25, 0.3) is 5.91 Å². The van der Waals surface area contributed by atoms with Crippen LogP contribution in [0.4, 0.5) is 0 Å². The summed E-state index contributed by atoms with van der Waals surface area (Å²) >= 11 is 3.22. The Morgan fingerprint density at radius 3 is 3.00 bits per heavy atom. The number of aromatic nitrogens is 3. The number of aryl methyl sites for hydroxylation is 1. The van der Waals surface area contributed by atoms with Crippen LogP contribution in [0.1, 0.15) is 33.9 Å². The Morgan fingerprint density at radius 1 is 1.45 bits per heavy atom. The highest BCUT2D eigenvalue weighted by atomic mass is 32.1. The van der Waals surface area contributed by atoms with Gasteiger partial charge in [-0.1, -0.05) is 6.92 Å². The third-order valence-electron chi connectivity index (χ3n) is 3.32. The van der Waals surface area contributed by atoms with Crippen molar-refractivity contribution in [3.8, 4) is 11.3 Å². The van der Waals surface area contributed by atoms with Gasteiger partial charge < -0.3 is 5.32 Å². The maximum absolute atomic E-state index is 12.4. The van der Waals surface area contributed by atoms with Gasteiger partial charge in [-0.05, 0) is 18.4 Å². The number of hydrogen-bond acceptors (Lipinski definition) is 5. The molecule has 22 heavy (non-hydrogen) atoms. The van der Waals surface area contributed by atoms with Crippen LogP contribution in [0.25, 0.3) is 11.3 Å². The average molecular weight is 332 g/mol. The molecule has 1 unspecified atom stereocenters. The van der Waals surface area contributed by atoms with E-state index in [1.54, 1.807) is 28.9 Å². The Balaban J connectivity index is 1.67. The number of hydrogen-bond donors (Lipinski definition) is 2. The lowest BCUT2D eigenvalue weighted by Crippen LogP contribution is -2.27. The minimum absolute atomic E-state index is 0.116. The molecule has 0 aliphatic heterocycles. The van der Waals surface area contributed by atoms with E-state index in [9.17, 15) is 4.79 Å². The predicted octanol–water partition coefficient (Wildman–Crippen LogP) is 3.44. The number of carbonyl (C=O) groups excluding carboxylic acids is 1. The fourth-order valence-electron chi connectivity index (χ4n) is 2.11. The molecule has 3 heterocycles. The summed E-state index contributed by atoms with van der Waals surface area (Å²) in [6, 6.07) is 1.97. The summed E-state index contributed by atoms with van der Waals surface area (Å²) in [7, 11) is 0. The summed E-state index contributed by atoms with van der Waals surface area (Å²) in [6.07, 6.45) is 1.57. The van der Waals surface area contributed by atoms with E-state index < -0.39 is 0 Å². The molecule has 0 fully saturated rings. The van der Waals surface area contributed by atoms with Gasteiger partial charge in [-0.25, -0.2) is 4.98 Å². The van der Waals surface area contributed by atoms with E-state index in [4.69, 9.17) is 0 Å². The van der Waals surface area contributed by atoms with Gasteiger partial charge in [0, 0.05) is 34.5 Å². The van der Waals surface area contributed by atoms with E-state index in [0.29, 0.717) is 12.1 Å². The Hall–Kier alpha value is -1.99. The summed E-state index contributed by atoms with van der Waals surface area (Å²) in [5.74, 6) is 0.0780. The molecule has 1 atom stereocenters. The van der Waals surface area contributed by atoms with E-state index in [1.165, 1.54) is 0 Å². The first-order chi connectivity index (χ1) is 10.6. The molecule has 2 N–H and O–H groups in total. The monoisotopic (exact) mass is 332 g/mol. The van der Waals surface area contributed by atoms with Crippen molar-refractivity contribution < 1.29 is 4.79 Å². The third kappa shape index (κ3) is 3.10. The van der Waals surface area contributed by atoms with Crippen LogP contribution in [0.3, 0.4) is 0 Å². The topological polar surface area (TPSA) is 70.7 Å². The highest BCUT2D eigenvalue weighted by Gasteiger charge is 2.17. The lowest BCUT2D eigenvalue weighted by atomic mass is 10.1. The number of rotatable bonds is 5. The second kappa shape index (κ2) is 6.41. The van der Waals surface area contributed by atoms with Crippen LogP contribution >= 0.6 is 22.7 Å². The standard InChI is InChI=1S/C15H16N4OS2/c1-9(15-18-10(2)7-22-15)5-16-14(20)12-6-17-19-13(12)11-3-4-21-8-11/h3-4,6-9H,5H2,1-2H3,(H,16,20)(H,17,19). The van der Waals surface area contributed by atoms with Gasteiger partial charge in [-0.15, -0.1) is 11.3 Å². The molecular weight excluding hydrogens is 316 g/mol. The largest absolute Gasteiger partial charge is 0.351 e. The summed E-state index contributed by atoms with van der Waals surface area (Å²) in [5, 5.41) is 16.9. The van der Waals surface area contributed by atoms with Gasteiger partial charge >= 0.3 is 0 Å². The number of nitrogens with zero attached hydrogens (tertiary/aromatic N) is 2. The zero-order chi connectivity index (χ0) is 15.5. The molecule has 0 bridgehead atoms. The van der Waals surface area contributed by atoms with E-state index in [1.807, 2.05) is 29.1 Å². The maximum atomic E-state index is 12.4. The Labute approximate surface area is 136 Å². The van der Waals surface area contributed by atoms with Crippen LogP contribution in [-0.2, 0) is 0 Å². The molecule has 0 spiro atoms. The number of thiophene rings is 1. The van der Waals surface area contributed by atoms with E-state index >= 15 is 0 Å². The lowest BCUT2D eigenvalue weighted by molar-refractivity contribution is 0.0952. The molecule has 3 aromatic rings. The first-order valence-corrected chi connectivity index (χ1v) is 8.73. The van der Waals surface area contributed by atoms with Gasteiger partial charge in [0.15, 0.2) is 0 Å². The van der Waals surface area contributed by atoms with Crippen LogP contribution in [-0.4, -0.2) is 27.6 Å². The summed E-state index contributed by atoms with van der Waals surface area (Å²) in [6.45, 7) is 4.59. The van der Waals surface area contributed by atoms with Crippen molar-refractivity contribution in [2.24, 2.45) is 0 Å². The predicted molar refractivity (Wildman–Crippen MR) is 89.5 cm³/mol. The number of aromatic amines is 1. The van der Waals surface area contributed by atoms with Crippen molar-refractivity contribution in [3.63, 3.8) is 0 Å². The Kier molecular flexibility index (Phi) is 4.35. The summed E-state index contributed by atoms with van der Waals surface area (Å²) < 4.78 is 0. The third-order valence-corrected chi connectivity index (χ3v) is 5.20.